The van der Waals surface area contributed by atoms with Crippen LogP contribution >= 0.6 is 0 Å². The summed E-state index contributed by atoms with van der Waals surface area (Å²) in [4.78, 5) is 0. The Labute approximate surface area is 120 Å². The molecule has 0 saturated carbocycles. The van der Waals surface area contributed by atoms with Crippen molar-refractivity contribution in [3.05, 3.63) is 70.5 Å². The summed E-state index contributed by atoms with van der Waals surface area (Å²) in [5.41, 5.74) is 2.66. The molecular formula is C18H21FO. The Kier molecular flexibility index (Phi) is 4.24. The largest absolute Gasteiger partial charge is 0.385 e. The molecule has 0 bridgehead atoms. The van der Waals surface area contributed by atoms with E-state index in [0.717, 1.165) is 5.56 Å². The van der Waals surface area contributed by atoms with Gasteiger partial charge in [-0.1, -0.05) is 43.3 Å². The van der Waals surface area contributed by atoms with Crippen molar-refractivity contribution in [3.63, 3.8) is 0 Å². The summed E-state index contributed by atoms with van der Waals surface area (Å²) >= 11 is 0. The summed E-state index contributed by atoms with van der Waals surface area (Å²) in [6.45, 7) is 5.99. The van der Waals surface area contributed by atoms with Crippen molar-refractivity contribution in [2.75, 3.05) is 0 Å². The number of halogens is 1. The van der Waals surface area contributed by atoms with E-state index < -0.39 is 5.60 Å². The van der Waals surface area contributed by atoms with Gasteiger partial charge >= 0.3 is 0 Å². The minimum Gasteiger partial charge on any atom is -0.385 e. The Bertz CT molecular complexity index is 606. The molecule has 0 amide bonds. The molecule has 1 unspecified atom stereocenters. The molecule has 0 fully saturated rings. The summed E-state index contributed by atoms with van der Waals surface area (Å²) in [6.07, 6.45) is 0.895. The van der Waals surface area contributed by atoms with Crippen molar-refractivity contribution in [1.82, 2.24) is 0 Å². The summed E-state index contributed by atoms with van der Waals surface area (Å²) < 4.78 is 14.0. The lowest BCUT2D eigenvalue weighted by Gasteiger charge is -2.28. The minimum atomic E-state index is -1.16. The highest BCUT2D eigenvalue weighted by Crippen LogP contribution is 2.31. The fraction of sp³-hybridized carbons (Fsp3) is 0.333. The van der Waals surface area contributed by atoms with E-state index in [9.17, 15) is 9.50 Å². The first-order chi connectivity index (χ1) is 9.46. The summed E-state index contributed by atoms with van der Waals surface area (Å²) in [5, 5.41) is 10.8. The highest BCUT2D eigenvalue weighted by atomic mass is 19.1. The average Bonchev–Trinajstić information content (AvgIpc) is 2.43. The normalized spacial score (nSPS) is 14.1. The van der Waals surface area contributed by atoms with E-state index in [1.165, 1.54) is 17.2 Å². The topological polar surface area (TPSA) is 20.2 Å². The number of hydrogen-bond donors (Lipinski definition) is 1. The van der Waals surface area contributed by atoms with Crippen molar-refractivity contribution in [2.24, 2.45) is 0 Å². The van der Waals surface area contributed by atoms with Gasteiger partial charge in [-0.25, -0.2) is 4.39 Å². The van der Waals surface area contributed by atoms with Gasteiger partial charge in [0.15, 0.2) is 0 Å². The maximum absolute atomic E-state index is 14.0. The third-order valence-corrected chi connectivity index (χ3v) is 4.03. The van der Waals surface area contributed by atoms with Crippen molar-refractivity contribution in [1.29, 1.82) is 0 Å². The molecule has 1 N–H and O–H groups in total. The van der Waals surface area contributed by atoms with Gasteiger partial charge in [0.05, 0.1) is 5.60 Å². The van der Waals surface area contributed by atoms with Crippen LogP contribution in [-0.2, 0) is 12.0 Å². The third-order valence-electron chi connectivity index (χ3n) is 4.03. The van der Waals surface area contributed by atoms with Crippen LogP contribution in [0.3, 0.4) is 0 Å². The van der Waals surface area contributed by atoms with Gasteiger partial charge < -0.3 is 5.11 Å². The van der Waals surface area contributed by atoms with Crippen molar-refractivity contribution >= 4 is 0 Å². The minimum absolute atomic E-state index is 0.347. The number of aliphatic hydroxyl groups is 1. The fourth-order valence-corrected chi connectivity index (χ4v) is 2.50. The second-order valence-electron chi connectivity index (χ2n) is 5.46. The molecule has 1 nitrogen and oxygen atoms in total. The molecule has 0 aromatic heterocycles. The molecular weight excluding hydrogens is 251 g/mol. The van der Waals surface area contributed by atoms with Crippen molar-refractivity contribution in [3.8, 4) is 0 Å². The average molecular weight is 272 g/mol. The third kappa shape index (κ3) is 2.91. The Morgan fingerprint density at radius 3 is 2.35 bits per heavy atom. The second kappa shape index (κ2) is 5.76. The van der Waals surface area contributed by atoms with E-state index in [2.05, 4.69) is 13.0 Å². The Balaban J connectivity index is 2.36. The van der Waals surface area contributed by atoms with Crippen LogP contribution in [0.1, 0.15) is 35.6 Å². The highest BCUT2D eigenvalue weighted by molar-refractivity contribution is 5.33. The summed E-state index contributed by atoms with van der Waals surface area (Å²) in [5.74, 6) is -0.347. The number of hydrogen-bond acceptors (Lipinski definition) is 1. The maximum atomic E-state index is 14.0. The Morgan fingerprint density at radius 1 is 1.05 bits per heavy atom. The summed E-state index contributed by atoms with van der Waals surface area (Å²) in [7, 11) is 0. The van der Waals surface area contributed by atoms with E-state index in [0.29, 0.717) is 18.4 Å². The fourth-order valence-electron chi connectivity index (χ4n) is 2.50. The molecule has 2 heteroatoms. The molecule has 0 saturated heterocycles. The zero-order chi connectivity index (χ0) is 14.8. The standard InChI is InChI=1S/C18H21FO/c1-4-18(20,16-7-5-6-8-17(16)19)12-15-10-9-13(2)14(3)11-15/h5-11,20H,4,12H2,1-3H3. The lowest BCUT2D eigenvalue weighted by molar-refractivity contribution is 0.0291. The van der Waals surface area contributed by atoms with Crippen LogP contribution in [0.15, 0.2) is 42.5 Å². The van der Waals surface area contributed by atoms with Crippen LogP contribution in [0.5, 0.6) is 0 Å². The lowest BCUT2D eigenvalue weighted by atomic mass is 9.84. The molecule has 0 heterocycles. The van der Waals surface area contributed by atoms with Gasteiger partial charge in [0.25, 0.3) is 0 Å². The van der Waals surface area contributed by atoms with Crippen LogP contribution in [-0.4, -0.2) is 5.11 Å². The molecule has 2 rings (SSSR count). The van der Waals surface area contributed by atoms with Crippen molar-refractivity contribution < 1.29 is 9.50 Å². The molecule has 2 aromatic carbocycles. The van der Waals surface area contributed by atoms with Gasteiger partial charge in [-0.15, -0.1) is 0 Å². The second-order valence-corrected chi connectivity index (χ2v) is 5.46. The number of aryl methyl sites for hydroxylation is 2. The molecule has 106 valence electrons. The molecule has 0 aliphatic heterocycles. The first kappa shape index (κ1) is 14.7. The lowest BCUT2D eigenvalue weighted by Crippen LogP contribution is -2.29. The zero-order valence-electron chi connectivity index (χ0n) is 12.3. The van der Waals surface area contributed by atoms with Crippen molar-refractivity contribution in [2.45, 2.75) is 39.2 Å². The quantitative estimate of drug-likeness (QED) is 0.880. The van der Waals surface area contributed by atoms with E-state index in [1.54, 1.807) is 18.2 Å². The van der Waals surface area contributed by atoms with E-state index in [1.807, 2.05) is 26.0 Å². The molecule has 0 radical (unpaired) electrons. The van der Waals surface area contributed by atoms with Crippen LogP contribution in [0, 0.1) is 19.7 Å². The van der Waals surface area contributed by atoms with Gasteiger partial charge in [0.2, 0.25) is 0 Å². The molecule has 20 heavy (non-hydrogen) atoms. The predicted molar refractivity (Wildman–Crippen MR) is 80.2 cm³/mol. The SMILES string of the molecule is CCC(O)(Cc1ccc(C)c(C)c1)c1ccccc1F. The van der Waals surface area contributed by atoms with Gasteiger partial charge in [0, 0.05) is 12.0 Å². The number of rotatable bonds is 4. The van der Waals surface area contributed by atoms with Crippen LogP contribution < -0.4 is 0 Å². The Hall–Kier alpha value is -1.67. The molecule has 2 aromatic rings. The van der Waals surface area contributed by atoms with Crippen LogP contribution in [0.2, 0.25) is 0 Å². The van der Waals surface area contributed by atoms with Gasteiger partial charge in [-0.3, -0.25) is 0 Å². The van der Waals surface area contributed by atoms with E-state index in [4.69, 9.17) is 0 Å². The molecule has 0 aliphatic carbocycles. The number of benzene rings is 2. The predicted octanol–water partition coefficient (Wildman–Crippen LogP) is 4.28. The highest BCUT2D eigenvalue weighted by Gasteiger charge is 2.30. The van der Waals surface area contributed by atoms with Crippen LogP contribution in [0.25, 0.3) is 0 Å². The molecule has 0 aliphatic rings. The smallest absolute Gasteiger partial charge is 0.129 e. The maximum Gasteiger partial charge on any atom is 0.129 e. The van der Waals surface area contributed by atoms with Gasteiger partial charge in [0.1, 0.15) is 5.82 Å². The first-order valence-electron chi connectivity index (χ1n) is 7.00. The van der Waals surface area contributed by atoms with E-state index in [-0.39, 0.29) is 5.82 Å². The first-order valence-corrected chi connectivity index (χ1v) is 7.00. The molecule has 1 atom stereocenters. The van der Waals surface area contributed by atoms with Gasteiger partial charge in [-0.2, -0.15) is 0 Å². The monoisotopic (exact) mass is 272 g/mol. The zero-order valence-corrected chi connectivity index (χ0v) is 12.3. The van der Waals surface area contributed by atoms with Gasteiger partial charge in [-0.05, 0) is 43.0 Å². The van der Waals surface area contributed by atoms with E-state index >= 15 is 0 Å². The molecule has 0 spiro atoms. The summed E-state index contributed by atoms with van der Waals surface area (Å²) in [6, 6.07) is 12.6. The Morgan fingerprint density at radius 2 is 1.75 bits per heavy atom. The van der Waals surface area contributed by atoms with Crippen LogP contribution in [0.4, 0.5) is 4.39 Å².